The largest absolute Gasteiger partial charge is 0.488 e. The van der Waals surface area contributed by atoms with Gasteiger partial charge in [-0.3, -0.25) is 4.79 Å². The lowest BCUT2D eigenvalue weighted by molar-refractivity contribution is 0.101. The molecule has 0 aromatic heterocycles. The predicted molar refractivity (Wildman–Crippen MR) is 90.6 cm³/mol. The van der Waals surface area contributed by atoms with Crippen molar-refractivity contribution >= 4 is 5.78 Å². The maximum atomic E-state index is 11.4. The fourth-order valence-corrected chi connectivity index (χ4v) is 2.22. The Kier molecular flexibility index (Phi) is 4.86. The summed E-state index contributed by atoms with van der Waals surface area (Å²) in [6.07, 6.45) is 0. The first kappa shape index (κ1) is 16.8. The highest BCUT2D eigenvalue weighted by atomic mass is 16.5. The van der Waals surface area contributed by atoms with Gasteiger partial charge < -0.3 is 4.74 Å². The Morgan fingerprint density at radius 1 is 1.13 bits per heavy atom. The van der Waals surface area contributed by atoms with Crippen LogP contribution in [0.4, 0.5) is 0 Å². The summed E-state index contributed by atoms with van der Waals surface area (Å²) in [5, 5.41) is 9.21. The first-order valence-electron chi connectivity index (χ1n) is 7.58. The number of ketones is 1. The molecule has 0 saturated heterocycles. The Morgan fingerprint density at radius 3 is 2.30 bits per heavy atom. The van der Waals surface area contributed by atoms with Gasteiger partial charge in [0.1, 0.15) is 18.4 Å². The highest BCUT2D eigenvalue weighted by Crippen LogP contribution is 2.24. The Hall–Kier alpha value is -2.60. The summed E-state index contributed by atoms with van der Waals surface area (Å²) in [6.45, 7) is 8.39. The monoisotopic (exact) mass is 307 g/mol. The first-order valence-corrected chi connectivity index (χ1v) is 7.58. The number of nitrogens with zero attached hydrogens (tertiary/aromatic N) is 1. The average molecular weight is 307 g/mol. The van der Waals surface area contributed by atoms with Crippen LogP contribution in [0.15, 0.2) is 42.5 Å². The molecule has 0 heterocycles. The van der Waals surface area contributed by atoms with E-state index >= 15 is 0 Å². The van der Waals surface area contributed by atoms with Crippen LogP contribution < -0.4 is 4.74 Å². The molecule has 23 heavy (non-hydrogen) atoms. The number of ether oxygens (including phenoxy) is 1. The minimum absolute atomic E-state index is 0.0641. The van der Waals surface area contributed by atoms with Gasteiger partial charge in [0.05, 0.1) is 5.56 Å². The second-order valence-electron chi connectivity index (χ2n) is 6.61. The van der Waals surface area contributed by atoms with Crippen molar-refractivity contribution in [2.24, 2.45) is 0 Å². The molecular formula is C20H21NO2. The minimum atomic E-state index is -0.0641. The van der Waals surface area contributed by atoms with Crippen molar-refractivity contribution in [3.8, 4) is 11.8 Å². The maximum Gasteiger partial charge on any atom is 0.159 e. The Balaban J connectivity index is 2.12. The van der Waals surface area contributed by atoms with Crippen LogP contribution in [0.5, 0.6) is 5.75 Å². The van der Waals surface area contributed by atoms with Crippen molar-refractivity contribution in [1.29, 1.82) is 5.26 Å². The summed E-state index contributed by atoms with van der Waals surface area (Å²) in [4.78, 5) is 11.4. The smallest absolute Gasteiger partial charge is 0.159 e. The van der Waals surface area contributed by atoms with Gasteiger partial charge in [0.25, 0.3) is 0 Å². The molecule has 0 unspecified atom stereocenters. The first-order chi connectivity index (χ1) is 10.8. The van der Waals surface area contributed by atoms with Crippen LogP contribution >= 0.6 is 0 Å². The quantitative estimate of drug-likeness (QED) is 0.773. The van der Waals surface area contributed by atoms with E-state index in [2.05, 4.69) is 39.0 Å². The number of rotatable bonds is 4. The van der Waals surface area contributed by atoms with E-state index in [1.807, 2.05) is 12.1 Å². The molecule has 2 rings (SSSR count). The maximum absolute atomic E-state index is 11.4. The molecule has 3 nitrogen and oxygen atoms in total. The topological polar surface area (TPSA) is 50.1 Å². The molecule has 0 radical (unpaired) electrons. The molecule has 0 fully saturated rings. The number of carbonyl (C=O) groups is 1. The zero-order valence-electron chi connectivity index (χ0n) is 14.0. The SMILES string of the molecule is CC(=O)c1ccc(OCc2ccc(C(C)(C)C)cc2)c(C#N)c1. The summed E-state index contributed by atoms with van der Waals surface area (Å²) >= 11 is 0. The van der Waals surface area contributed by atoms with Gasteiger partial charge >= 0.3 is 0 Å². The molecular weight excluding hydrogens is 286 g/mol. The molecule has 2 aromatic rings. The molecule has 0 saturated carbocycles. The zero-order chi connectivity index (χ0) is 17.0. The summed E-state index contributed by atoms with van der Waals surface area (Å²) in [5.41, 5.74) is 3.32. The summed E-state index contributed by atoms with van der Waals surface area (Å²) < 4.78 is 5.74. The number of hydrogen-bond acceptors (Lipinski definition) is 3. The summed E-state index contributed by atoms with van der Waals surface area (Å²) in [6, 6.07) is 15.3. The molecule has 2 aromatic carbocycles. The Labute approximate surface area is 137 Å². The normalized spacial score (nSPS) is 10.9. The number of hydrogen-bond donors (Lipinski definition) is 0. The van der Waals surface area contributed by atoms with Gasteiger partial charge in [0, 0.05) is 5.56 Å². The standard InChI is InChI=1S/C20H21NO2/c1-14(22)16-7-10-19(17(11-16)12-21)23-13-15-5-8-18(9-6-15)20(2,3)4/h5-11H,13H2,1-4H3. The second kappa shape index (κ2) is 6.66. The lowest BCUT2D eigenvalue weighted by Crippen LogP contribution is -2.10. The van der Waals surface area contributed by atoms with Crippen molar-refractivity contribution in [3.05, 3.63) is 64.7 Å². The molecule has 0 spiro atoms. The zero-order valence-corrected chi connectivity index (χ0v) is 14.0. The van der Waals surface area contributed by atoms with Crippen LogP contribution in [0.25, 0.3) is 0 Å². The van der Waals surface area contributed by atoms with Gasteiger partial charge in [-0.2, -0.15) is 5.26 Å². The lowest BCUT2D eigenvalue weighted by Gasteiger charge is -2.19. The molecule has 0 bridgehead atoms. The van der Waals surface area contributed by atoms with Crippen molar-refractivity contribution < 1.29 is 9.53 Å². The third kappa shape index (κ3) is 4.20. The fraction of sp³-hybridized carbons (Fsp3) is 0.300. The van der Waals surface area contributed by atoms with E-state index < -0.39 is 0 Å². The molecule has 0 aliphatic heterocycles. The van der Waals surface area contributed by atoms with E-state index in [-0.39, 0.29) is 11.2 Å². The lowest BCUT2D eigenvalue weighted by atomic mass is 9.87. The van der Waals surface area contributed by atoms with Crippen LogP contribution in [0, 0.1) is 11.3 Å². The third-order valence-corrected chi connectivity index (χ3v) is 3.72. The molecule has 0 atom stereocenters. The van der Waals surface area contributed by atoms with Crippen LogP contribution in [0.2, 0.25) is 0 Å². The van der Waals surface area contributed by atoms with Crippen LogP contribution in [0.1, 0.15) is 54.7 Å². The summed E-state index contributed by atoms with van der Waals surface area (Å²) in [5.74, 6) is 0.434. The van der Waals surface area contributed by atoms with Crippen LogP contribution in [0.3, 0.4) is 0 Å². The number of Topliss-reactive ketones (excluding diaryl/α,β-unsaturated/α-hetero) is 1. The van der Waals surface area contributed by atoms with Gasteiger partial charge in [-0.1, -0.05) is 45.0 Å². The van der Waals surface area contributed by atoms with Crippen molar-refractivity contribution in [2.75, 3.05) is 0 Å². The molecule has 0 aliphatic carbocycles. The van der Waals surface area contributed by atoms with Crippen LogP contribution in [-0.4, -0.2) is 5.78 Å². The Morgan fingerprint density at radius 2 is 1.78 bits per heavy atom. The molecule has 0 N–H and O–H groups in total. The second-order valence-corrected chi connectivity index (χ2v) is 6.61. The summed E-state index contributed by atoms with van der Waals surface area (Å²) in [7, 11) is 0. The number of carbonyl (C=O) groups excluding carboxylic acids is 1. The molecule has 118 valence electrons. The van der Waals surface area contributed by atoms with Gasteiger partial charge in [0.15, 0.2) is 5.78 Å². The van der Waals surface area contributed by atoms with E-state index in [1.165, 1.54) is 12.5 Å². The number of nitriles is 1. The third-order valence-electron chi connectivity index (χ3n) is 3.72. The average Bonchev–Trinajstić information content (AvgIpc) is 2.52. The highest BCUT2D eigenvalue weighted by molar-refractivity contribution is 5.94. The van der Waals surface area contributed by atoms with E-state index in [1.54, 1.807) is 18.2 Å². The van der Waals surface area contributed by atoms with Crippen molar-refractivity contribution in [3.63, 3.8) is 0 Å². The molecule has 0 aliphatic rings. The van der Waals surface area contributed by atoms with E-state index in [4.69, 9.17) is 4.74 Å². The van der Waals surface area contributed by atoms with Gasteiger partial charge in [-0.15, -0.1) is 0 Å². The van der Waals surface area contributed by atoms with Crippen molar-refractivity contribution in [2.45, 2.75) is 39.7 Å². The minimum Gasteiger partial charge on any atom is -0.488 e. The predicted octanol–water partition coefficient (Wildman–Crippen LogP) is 4.64. The molecule has 0 amide bonds. The van der Waals surface area contributed by atoms with E-state index in [0.29, 0.717) is 23.5 Å². The Bertz CT molecular complexity index is 747. The highest BCUT2D eigenvalue weighted by Gasteiger charge is 2.13. The van der Waals surface area contributed by atoms with E-state index in [0.717, 1.165) is 5.56 Å². The molecule has 3 heteroatoms. The van der Waals surface area contributed by atoms with E-state index in [9.17, 15) is 10.1 Å². The van der Waals surface area contributed by atoms with Gasteiger partial charge in [0.2, 0.25) is 0 Å². The van der Waals surface area contributed by atoms with Gasteiger partial charge in [-0.05, 0) is 41.7 Å². The van der Waals surface area contributed by atoms with Crippen molar-refractivity contribution in [1.82, 2.24) is 0 Å². The van der Waals surface area contributed by atoms with Gasteiger partial charge in [-0.25, -0.2) is 0 Å². The van der Waals surface area contributed by atoms with Crippen LogP contribution in [-0.2, 0) is 12.0 Å². The fourth-order valence-electron chi connectivity index (χ4n) is 2.22. The number of benzene rings is 2.